The lowest BCUT2D eigenvalue weighted by Gasteiger charge is -2.35. The number of likely N-dealkylation sites (N-methyl/N-ethyl adjacent to an activating group) is 1. The molecule has 1 rings (SSSR count). The van der Waals surface area contributed by atoms with Crippen LogP contribution in [0.1, 0.15) is 34.1 Å². The van der Waals surface area contributed by atoms with Crippen molar-refractivity contribution in [3.63, 3.8) is 0 Å². The number of nitrogens with zero attached hydrogens (tertiary/aromatic N) is 2. The van der Waals surface area contributed by atoms with E-state index in [0.717, 1.165) is 13.0 Å². The highest BCUT2D eigenvalue weighted by molar-refractivity contribution is 5.88. The summed E-state index contributed by atoms with van der Waals surface area (Å²) >= 11 is 0. The predicted octanol–water partition coefficient (Wildman–Crippen LogP) is 0.881. The minimum atomic E-state index is -0.527. The zero-order chi connectivity index (χ0) is 16.4. The summed E-state index contributed by atoms with van der Waals surface area (Å²) in [6, 6.07) is -0.272. The third-order valence-corrected chi connectivity index (χ3v) is 4.18. The highest BCUT2D eigenvalue weighted by Gasteiger charge is 2.41. The number of carbonyl (C=O) groups excluding carboxylic acids is 2. The van der Waals surface area contributed by atoms with Crippen molar-refractivity contribution in [3.05, 3.63) is 0 Å². The normalized spacial score (nSPS) is 24.1. The smallest absolute Gasteiger partial charge is 0.315 e. The summed E-state index contributed by atoms with van der Waals surface area (Å²) < 4.78 is 0. The molecule has 6 heteroatoms. The van der Waals surface area contributed by atoms with Crippen LogP contribution in [0.15, 0.2) is 0 Å². The monoisotopic (exact) mass is 298 g/mol. The second-order valence-electron chi connectivity index (χ2n) is 7.22. The topological polar surface area (TPSA) is 64.7 Å². The molecule has 3 amide bonds. The van der Waals surface area contributed by atoms with Gasteiger partial charge in [-0.3, -0.25) is 4.79 Å². The Morgan fingerprint density at radius 1 is 1.29 bits per heavy atom. The van der Waals surface area contributed by atoms with Crippen LogP contribution in [0, 0.1) is 5.41 Å². The summed E-state index contributed by atoms with van der Waals surface area (Å²) in [5.74, 6) is 0.00273. The van der Waals surface area contributed by atoms with Crippen molar-refractivity contribution in [2.24, 2.45) is 5.41 Å². The first-order chi connectivity index (χ1) is 9.57. The third-order valence-electron chi connectivity index (χ3n) is 4.18. The average molecular weight is 298 g/mol. The lowest BCUT2D eigenvalue weighted by atomic mass is 9.85. The van der Waals surface area contributed by atoms with Gasteiger partial charge in [-0.15, -0.1) is 0 Å². The van der Waals surface area contributed by atoms with Crippen LogP contribution in [0.5, 0.6) is 0 Å². The molecule has 0 radical (unpaired) electrons. The molecule has 1 fully saturated rings. The molecule has 0 unspecified atom stereocenters. The Morgan fingerprint density at radius 2 is 1.86 bits per heavy atom. The van der Waals surface area contributed by atoms with Crippen molar-refractivity contribution in [2.45, 2.75) is 52.2 Å². The van der Waals surface area contributed by atoms with Gasteiger partial charge in [-0.1, -0.05) is 20.8 Å². The van der Waals surface area contributed by atoms with Gasteiger partial charge in [0.15, 0.2) is 0 Å². The fourth-order valence-corrected chi connectivity index (χ4v) is 2.70. The van der Waals surface area contributed by atoms with Gasteiger partial charge in [0.05, 0.1) is 0 Å². The number of hydrogen-bond donors (Lipinski definition) is 2. The van der Waals surface area contributed by atoms with E-state index in [1.165, 1.54) is 0 Å². The molecule has 0 aromatic carbocycles. The van der Waals surface area contributed by atoms with Gasteiger partial charge in [0.1, 0.15) is 6.04 Å². The third kappa shape index (κ3) is 4.33. The molecule has 0 aliphatic carbocycles. The van der Waals surface area contributed by atoms with E-state index in [-0.39, 0.29) is 23.4 Å². The zero-order valence-electron chi connectivity index (χ0n) is 14.4. The molecular formula is C15H30N4O2. The van der Waals surface area contributed by atoms with E-state index in [4.69, 9.17) is 0 Å². The van der Waals surface area contributed by atoms with Crippen LogP contribution in [0.3, 0.4) is 0 Å². The van der Waals surface area contributed by atoms with Gasteiger partial charge in [-0.25, -0.2) is 4.79 Å². The molecule has 21 heavy (non-hydrogen) atoms. The molecule has 1 aliphatic heterocycles. The van der Waals surface area contributed by atoms with E-state index in [2.05, 4.69) is 22.5 Å². The van der Waals surface area contributed by atoms with Gasteiger partial charge in [-0.05, 0) is 32.9 Å². The number of amides is 3. The molecule has 1 heterocycles. The van der Waals surface area contributed by atoms with Crippen LogP contribution in [0.4, 0.5) is 4.79 Å². The minimum absolute atomic E-state index is 0.00273. The Morgan fingerprint density at radius 3 is 2.24 bits per heavy atom. The Balaban J connectivity index is 2.88. The van der Waals surface area contributed by atoms with Crippen LogP contribution in [0.2, 0.25) is 0 Å². The van der Waals surface area contributed by atoms with Crippen molar-refractivity contribution in [1.82, 2.24) is 20.4 Å². The van der Waals surface area contributed by atoms with Crippen molar-refractivity contribution >= 4 is 11.9 Å². The van der Waals surface area contributed by atoms with Crippen molar-refractivity contribution in [3.8, 4) is 0 Å². The molecular weight excluding hydrogens is 268 g/mol. The number of hydrogen-bond acceptors (Lipinski definition) is 3. The standard InChI is InChI=1S/C15H30N4O2/c1-10-8-11(18(6)7)9-19(10)13(20)12(15(2,3)4)17-14(21)16-5/h10-12H,8-9H2,1-7H3,(H2,16,17,21)/t10-,11-,12-/m1/s1. The number of urea groups is 1. The SMILES string of the molecule is CNC(=O)N[C@H](C(=O)N1C[C@H](N(C)C)C[C@H]1C)C(C)(C)C. The van der Waals surface area contributed by atoms with E-state index in [1.807, 2.05) is 39.8 Å². The number of likely N-dealkylation sites (tertiary alicyclic amines) is 1. The Hall–Kier alpha value is -1.30. The van der Waals surface area contributed by atoms with E-state index < -0.39 is 6.04 Å². The number of carbonyl (C=O) groups is 2. The van der Waals surface area contributed by atoms with Gasteiger partial charge < -0.3 is 20.4 Å². The second kappa shape index (κ2) is 6.64. The number of nitrogens with one attached hydrogen (secondary N) is 2. The van der Waals surface area contributed by atoms with Gasteiger partial charge in [0.2, 0.25) is 5.91 Å². The Bertz CT molecular complexity index is 390. The summed E-state index contributed by atoms with van der Waals surface area (Å²) in [6.07, 6.45) is 0.968. The second-order valence-corrected chi connectivity index (χ2v) is 7.22. The molecule has 3 atom stereocenters. The highest BCUT2D eigenvalue weighted by Crippen LogP contribution is 2.26. The minimum Gasteiger partial charge on any atom is -0.341 e. The van der Waals surface area contributed by atoms with Crippen LogP contribution in [-0.2, 0) is 4.79 Å². The Labute approximate surface area is 128 Å². The molecule has 6 nitrogen and oxygen atoms in total. The maximum absolute atomic E-state index is 12.9. The maximum atomic E-state index is 12.9. The van der Waals surface area contributed by atoms with E-state index in [9.17, 15) is 9.59 Å². The van der Waals surface area contributed by atoms with Crippen molar-refractivity contribution in [1.29, 1.82) is 0 Å². The summed E-state index contributed by atoms with van der Waals surface area (Å²) in [5, 5.41) is 5.32. The molecule has 0 bridgehead atoms. The maximum Gasteiger partial charge on any atom is 0.315 e. The summed E-state index contributed by atoms with van der Waals surface area (Å²) in [5.41, 5.74) is -0.334. The van der Waals surface area contributed by atoms with Crippen molar-refractivity contribution < 1.29 is 9.59 Å². The molecule has 1 saturated heterocycles. The highest BCUT2D eigenvalue weighted by atomic mass is 16.2. The van der Waals surface area contributed by atoms with Crippen molar-refractivity contribution in [2.75, 3.05) is 27.7 Å². The fourth-order valence-electron chi connectivity index (χ4n) is 2.70. The molecule has 0 spiro atoms. The van der Waals surface area contributed by atoms with Crippen LogP contribution >= 0.6 is 0 Å². The molecule has 0 saturated carbocycles. The quantitative estimate of drug-likeness (QED) is 0.813. The average Bonchev–Trinajstić information content (AvgIpc) is 2.75. The van der Waals surface area contributed by atoms with Gasteiger partial charge in [-0.2, -0.15) is 0 Å². The van der Waals surface area contributed by atoms with Gasteiger partial charge in [0, 0.05) is 25.7 Å². The summed E-state index contributed by atoms with van der Waals surface area (Å²) in [4.78, 5) is 28.6. The van der Waals surface area contributed by atoms with E-state index in [1.54, 1.807) is 7.05 Å². The molecule has 0 aromatic rings. The lowest BCUT2D eigenvalue weighted by Crippen LogP contribution is -2.57. The van der Waals surface area contributed by atoms with Crippen LogP contribution in [-0.4, -0.2) is 67.6 Å². The number of rotatable bonds is 3. The molecule has 2 N–H and O–H groups in total. The molecule has 1 aliphatic rings. The van der Waals surface area contributed by atoms with E-state index in [0.29, 0.717) is 6.04 Å². The van der Waals surface area contributed by atoms with Gasteiger partial charge >= 0.3 is 6.03 Å². The molecule has 122 valence electrons. The Kier molecular flexibility index (Phi) is 5.61. The van der Waals surface area contributed by atoms with Crippen LogP contribution in [0.25, 0.3) is 0 Å². The van der Waals surface area contributed by atoms with Crippen LogP contribution < -0.4 is 10.6 Å². The first kappa shape index (κ1) is 17.8. The fraction of sp³-hybridized carbons (Fsp3) is 0.867. The largest absolute Gasteiger partial charge is 0.341 e. The predicted molar refractivity (Wildman–Crippen MR) is 84.1 cm³/mol. The zero-order valence-corrected chi connectivity index (χ0v) is 14.4. The summed E-state index contributed by atoms with van der Waals surface area (Å²) in [7, 11) is 5.63. The lowest BCUT2D eigenvalue weighted by molar-refractivity contribution is -0.136. The van der Waals surface area contributed by atoms with Gasteiger partial charge in [0.25, 0.3) is 0 Å². The first-order valence-electron chi connectivity index (χ1n) is 7.53. The first-order valence-corrected chi connectivity index (χ1v) is 7.53. The molecule has 0 aromatic heterocycles. The van der Waals surface area contributed by atoms with E-state index >= 15 is 0 Å². The summed E-state index contributed by atoms with van der Waals surface area (Å²) in [6.45, 7) is 8.69.